The van der Waals surface area contributed by atoms with Gasteiger partial charge in [0.05, 0.1) is 6.26 Å². The van der Waals surface area contributed by atoms with Crippen molar-refractivity contribution in [3.63, 3.8) is 0 Å². The molecule has 0 amide bonds. The Balaban J connectivity index is 0.000000490. The first-order valence-electron chi connectivity index (χ1n) is 2.08. The first kappa shape index (κ1) is 7.37. The van der Waals surface area contributed by atoms with Crippen LogP contribution in [-0.4, -0.2) is 0 Å². The number of ether oxygens (including phenoxy) is 1. The highest BCUT2D eigenvalue weighted by molar-refractivity contribution is 7.59. The van der Waals surface area contributed by atoms with Crippen LogP contribution in [0.5, 0.6) is 0 Å². The van der Waals surface area contributed by atoms with Crippen molar-refractivity contribution < 1.29 is 4.74 Å². The predicted molar refractivity (Wildman–Crippen MR) is 38.9 cm³/mol. The second kappa shape index (κ2) is 3.38. The Labute approximate surface area is 55.8 Å². The summed E-state index contributed by atoms with van der Waals surface area (Å²) >= 11 is 0. The van der Waals surface area contributed by atoms with Gasteiger partial charge in [-0.15, -0.1) is 0 Å². The molecule has 1 aliphatic heterocycles. The molecule has 0 N–H and O–H groups in total. The van der Waals surface area contributed by atoms with Gasteiger partial charge in [0, 0.05) is 0 Å². The normalized spacial score (nSPS) is 14.8. The SMILES string of the molecule is C=C1C=CC=CO1.S. The number of hydrogen-bond donors (Lipinski definition) is 0. The minimum atomic E-state index is 0. The van der Waals surface area contributed by atoms with Crippen molar-refractivity contribution in [2.24, 2.45) is 0 Å². The van der Waals surface area contributed by atoms with E-state index in [0.29, 0.717) is 5.76 Å². The van der Waals surface area contributed by atoms with Crippen LogP contribution >= 0.6 is 13.5 Å². The molecule has 0 aliphatic carbocycles. The lowest BCUT2D eigenvalue weighted by Crippen LogP contribution is -1.79. The second-order valence-corrected chi connectivity index (χ2v) is 1.27. The van der Waals surface area contributed by atoms with E-state index in [4.69, 9.17) is 4.74 Å². The monoisotopic (exact) mass is 128 g/mol. The zero-order valence-electron chi connectivity index (χ0n) is 4.42. The predicted octanol–water partition coefficient (Wildman–Crippen LogP) is 1.71. The summed E-state index contributed by atoms with van der Waals surface area (Å²) in [6.45, 7) is 3.55. The van der Waals surface area contributed by atoms with Gasteiger partial charge in [0.1, 0.15) is 5.76 Å². The Bertz CT molecular complexity index is 135. The maximum atomic E-state index is 4.82. The second-order valence-electron chi connectivity index (χ2n) is 1.27. The molecule has 1 nitrogen and oxygen atoms in total. The van der Waals surface area contributed by atoms with Crippen LogP contribution in [0.1, 0.15) is 0 Å². The Morgan fingerprint density at radius 2 is 2.12 bits per heavy atom. The van der Waals surface area contributed by atoms with Crippen LogP contribution in [0.3, 0.4) is 0 Å². The number of hydrogen-bond acceptors (Lipinski definition) is 1. The van der Waals surface area contributed by atoms with Crippen molar-refractivity contribution >= 4 is 13.5 Å². The highest BCUT2D eigenvalue weighted by atomic mass is 32.1. The Morgan fingerprint density at radius 1 is 1.38 bits per heavy atom. The fourth-order valence-corrected chi connectivity index (χ4v) is 0.374. The third kappa shape index (κ3) is 1.89. The summed E-state index contributed by atoms with van der Waals surface area (Å²) in [5, 5.41) is 0. The minimum Gasteiger partial charge on any atom is -0.466 e. The van der Waals surface area contributed by atoms with Gasteiger partial charge in [0.15, 0.2) is 0 Å². The van der Waals surface area contributed by atoms with Crippen LogP contribution < -0.4 is 0 Å². The standard InChI is InChI=1S/C6H6O.H2S/c1-6-4-2-3-5-7-6;/h2-5H,1H2;1H2. The summed E-state index contributed by atoms with van der Waals surface area (Å²) in [7, 11) is 0. The summed E-state index contributed by atoms with van der Waals surface area (Å²) in [5.41, 5.74) is 0. The van der Waals surface area contributed by atoms with E-state index < -0.39 is 0 Å². The van der Waals surface area contributed by atoms with Crippen LogP contribution in [0.2, 0.25) is 0 Å². The topological polar surface area (TPSA) is 9.23 Å². The molecule has 0 aromatic heterocycles. The molecule has 44 valence electrons. The third-order valence-corrected chi connectivity index (χ3v) is 0.691. The zero-order valence-corrected chi connectivity index (χ0v) is 5.42. The maximum absolute atomic E-state index is 4.82. The average molecular weight is 128 g/mol. The lowest BCUT2D eigenvalue weighted by atomic mass is 10.4. The molecular formula is C6H8OS. The maximum Gasteiger partial charge on any atom is 0.119 e. The minimum absolute atomic E-state index is 0. The molecule has 0 bridgehead atoms. The fraction of sp³-hybridized carbons (Fsp3) is 0. The van der Waals surface area contributed by atoms with Crippen molar-refractivity contribution in [3.8, 4) is 0 Å². The molecule has 0 spiro atoms. The van der Waals surface area contributed by atoms with E-state index >= 15 is 0 Å². The van der Waals surface area contributed by atoms with E-state index in [2.05, 4.69) is 6.58 Å². The van der Waals surface area contributed by atoms with Gasteiger partial charge in [0.25, 0.3) is 0 Å². The van der Waals surface area contributed by atoms with Gasteiger partial charge in [-0.25, -0.2) is 0 Å². The van der Waals surface area contributed by atoms with Gasteiger partial charge in [-0.05, 0) is 12.2 Å². The summed E-state index contributed by atoms with van der Waals surface area (Å²) in [4.78, 5) is 0. The van der Waals surface area contributed by atoms with E-state index in [-0.39, 0.29) is 13.5 Å². The molecule has 0 aromatic rings. The smallest absolute Gasteiger partial charge is 0.119 e. The van der Waals surface area contributed by atoms with Gasteiger partial charge < -0.3 is 4.74 Å². The van der Waals surface area contributed by atoms with E-state index in [0.717, 1.165) is 0 Å². The molecule has 0 saturated carbocycles. The van der Waals surface area contributed by atoms with Crippen LogP contribution in [0.15, 0.2) is 36.8 Å². The van der Waals surface area contributed by atoms with E-state index in [1.807, 2.05) is 12.2 Å². The first-order chi connectivity index (χ1) is 3.39. The summed E-state index contributed by atoms with van der Waals surface area (Å²) in [5.74, 6) is 0.697. The van der Waals surface area contributed by atoms with Gasteiger partial charge in [0.2, 0.25) is 0 Å². The van der Waals surface area contributed by atoms with Crippen molar-refractivity contribution in [1.82, 2.24) is 0 Å². The molecule has 8 heavy (non-hydrogen) atoms. The summed E-state index contributed by atoms with van der Waals surface area (Å²) in [6, 6.07) is 0. The summed E-state index contributed by atoms with van der Waals surface area (Å²) in [6.07, 6.45) is 7.10. The molecule has 1 aliphatic rings. The van der Waals surface area contributed by atoms with Gasteiger partial charge >= 0.3 is 0 Å². The lowest BCUT2D eigenvalue weighted by molar-refractivity contribution is 0.367. The Hall–Kier alpha value is -0.630. The van der Waals surface area contributed by atoms with Crippen molar-refractivity contribution in [2.45, 2.75) is 0 Å². The molecule has 0 radical (unpaired) electrons. The molecule has 1 rings (SSSR count). The fourth-order valence-electron chi connectivity index (χ4n) is 0.374. The highest BCUT2D eigenvalue weighted by Crippen LogP contribution is 2.01. The Kier molecular flexibility index (Phi) is 3.12. The first-order valence-corrected chi connectivity index (χ1v) is 2.08. The van der Waals surface area contributed by atoms with Crippen molar-refractivity contribution in [1.29, 1.82) is 0 Å². The third-order valence-electron chi connectivity index (χ3n) is 0.691. The van der Waals surface area contributed by atoms with Crippen LogP contribution in [0, 0.1) is 0 Å². The van der Waals surface area contributed by atoms with E-state index in [1.165, 1.54) is 0 Å². The molecule has 0 unspecified atom stereocenters. The van der Waals surface area contributed by atoms with Crippen molar-refractivity contribution in [3.05, 3.63) is 36.8 Å². The average Bonchev–Trinajstić information content (AvgIpc) is 1.69. The molecule has 1 heterocycles. The van der Waals surface area contributed by atoms with E-state index in [1.54, 1.807) is 12.3 Å². The largest absolute Gasteiger partial charge is 0.466 e. The molecule has 0 fully saturated rings. The van der Waals surface area contributed by atoms with Gasteiger partial charge in [-0.3, -0.25) is 0 Å². The molecule has 0 atom stereocenters. The zero-order chi connectivity index (χ0) is 5.11. The van der Waals surface area contributed by atoms with Crippen LogP contribution in [0.25, 0.3) is 0 Å². The summed E-state index contributed by atoms with van der Waals surface area (Å²) < 4.78 is 4.82. The molecule has 2 heteroatoms. The number of allylic oxidation sites excluding steroid dienone is 3. The van der Waals surface area contributed by atoms with E-state index in [9.17, 15) is 0 Å². The Morgan fingerprint density at radius 3 is 2.38 bits per heavy atom. The van der Waals surface area contributed by atoms with Crippen LogP contribution in [0.4, 0.5) is 0 Å². The molecule has 0 aromatic carbocycles. The molecule has 0 saturated heterocycles. The van der Waals surface area contributed by atoms with Crippen molar-refractivity contribution in [2.75, 3.05) is 0 Å². The van der Waals surface area contributed by atoms with Gasteiger partial charge in [-0.1, -0.05) is 12.7 Å². The highest BCUT2D eigenvalue weighted by Gasteiger charge is 1.84. The lowest BCUT2D eigenvalue weighted by Gasteiger charge is -1.98. The molecular weight excluding hydrogens is 120 g/mol. The van der Waals surface area contributed by atoms with Gasteiger partial charge in [-0.2, -0.15) is 13.5 Å². The quantitative estimate of drug-likeness (QED) is 0.482. The van der Waals surface area contributed by atoms with Crippen LogP contribution in [-0.2, 0) is 4.74 Å². The number of rotatable bonds is 0.